The molecule has 0 aliphatic heterocycles. The summed E-state index contributed by atoms with van der Waals surface area (Å²) in [6.45, 7) is 0.312. The number of rotatable bonds is 3. The molecule has 20 heavy (non-hydrogen) atoms. The SMILES string of the molecule is Cn1c(COc2ccccc2F)cc2cc(N)ccc21. The van der Waals surface area contributed by atoms with Crippen LogP contribution in [0.5, 0.6) is 5.75 Å². The van der Waals surface area contributed by atoms with Gasteiger partial charge in [0.15, 0.2) is 11.6 Å². The maximum absolute atomic E-state index is 13.5. The van der Waals surface area contributed by atoms with Crippen molar-refractivity contribution >= 4 is 16.6 Å². The van der Waals surface area contributed by atoms with E-state index in [1.54, 1.807) is 18.2 Å². The van der Waals surface area contributed by atoms with Crippen LogP contribution in [0.2, 0.25) is 0 Å². The van der Waals surface area contributed by atoms with E-state index in [4.69, 9.17) is 10.5 Å². The minimum absolute atomic E-state index is 0.261. The van der Waals surface area contributed by atoms with Gasteiger partial charge in [-0.25, -0.2) is 4.39 Å². The van der Waals surface area contributed by atoms with Gasteiger partial charge in [0, 0.05) is 23.6 Å². The third kappa shape index (κ3) is 2.20. The van der Waals surface area contributed by atoms with E-state index in [0.717, 1.165) is 22.3 Å². The number of nitrogens with zero attached hydrogens (tertiary/aromatic N) is 1. The number of fused-ring (bicyclic) bond motifs is 1. The standard InChI is InChI=1S/C16H15FN2O/c1-19-13(9-11-8-12(18)6-7-15(11)19)10-20-16-5-3-2-4-14(16)17/h2-9H,10,18H2,1H3. The van der Waals surface area contributed by atoms with Crippen molar-refractivity contribution in [2.24, 2.45) is 7.05 Å². The van der Waals surface area contributed by atoms with E-state index in [9.17, 15) is 4.39 Å². The molecule has 0 unspecified atom stereocenters. The minimum atomic E-state index is -0.351. The second kappa shape index (κ2) is 4.89. The fourth-order valence-electron chi connectivity index (χ4n) is 2.28. The molecule has 0 radical (unpaired) electrons. The number of hydrogen-bond donors (Lipinski definition) is 1. The van der Waals surface area contributed by atoms with Gasteiger partial charge in [0.05, 0.1) is 5.69 Å². The van der Waals surface area contributed by atoms with Gasteiger partial charge in [-0.15, -0.1) is 0 Å². The molecule has 1 aromatic heterocycles. The van der Waals surface area contributed by atoms with Crippen LogP contribution in [0.1, 0.15) is 5.69 Å². The van der Waals surface area contributed by atoms with Crippen molar-refractivity contribution in [3.05, 3.63) is 60.0 Å². The third-order valence-corrected chi connectivity index (χ3v) is 3.38. The Balaban J connectivity index is 1.88. The van der Waals surface area contributed by atoms with Crippen LogP contribution >= 0.6 is 0 Å². The van der Waals surface area contributed by atoms with Crippen molar-refractivity contribution in [3.8, 4) is 5.75 Å². The van der Waals surface area contributed by atoms with Gasteiger partial charge in [-0.3, -0.25) is 0 Å². The molecule has 1 heterocycles. The first kappa shape index (κ1) is 12.5. The van der Waals surface area contributed by atoms with Crippen molar-refractivity contribution in [3.63, 3.8) is 0 Å². The molecule has 3 nitrogen and oxygen atoms in total. The van der Waals surface area contributed by atoms with Crippen molar-refractivity contribution in [1.29, 1.82) is 0 Å². The van der Waals surface area contributed by atoms with E-state index >= 15 is 0 Å². The quantitative estimate of drug-likeness (QED) is 0.740. The number of aryl methyl sites for hydroxylation is 1. The van der Waals surface area contributed by atoms with Crippen LogP contribution in [0, 0.1) is 5.82 Å². The molecule has 102 valence electrons. The van der Waals surface area contributed by atoms with Gasteiger partial charge < -0.3 is 15.0 Å². The monoisotopic (exact) mass is 270 g/mol. The van der Waals surface area contributed by atoms with Crippen LogP contribution in [0.4, 0.5) is 10.1 Å². The summed E-state index contributed by atoms with van der Waals surface area (Å²) in [5.41, 5.74) is 8.55. The molecule has 0 saturated carbocycles. The van der Waals surface area contributed by atoms with Gasteiger partial charge >= 0.3 is 0 Å². The van der Waals surface area contributed by atoms with Crippen LogP contribution in [0.25, 0.3) is 10.9 Å². The van der Waals surface area contributed by atoms with E-state index < -0.39 is 0 Å². The highest BCUT2D eigenvalue weighted by atomic mass is 19.1. The second-order valence-electron chi connectivity index (χ2n) is 4.73. The molecular weight excluding hydrogens is 255 g/mol. The Morgan fingerprint density at radius 3 is 2.75 bits per heavy atom. The molecule has 3 rings (SSSR count). The highest BCUT2D eigenvalue weighted by molar-refractivity contribution is 5.84. The van der Waals surface area contributed by atoms with Gasteiger partial charge in [0.2, 0.25) is 0 Å². The lowest BCUT2D eigenvalue weighted by molar-refractivity contribution is 0.283. The average molecular weight is 270 g/mol. The summed E-state index contributed by atoms with van der Waals surface area (Å²) in [5, 5.41) is 1.06. The zero-order valence-electron chi connectivity index (χ0n) is 11.1. The number of nitrogens with two attached hydrogens (primary N) is 1. The van der Waals surface area contributed by atoms with Crippen LogP contribution in [-0.4, -0.2) is 4.57 Å². The molecule has 0 aliphatic carbocycles. The largest absolute Gasteiger partial charge is 0.484 e. The van der Waals surface area contributed by atoms with Gasteiger partial charge in [-0.1, -0.05) is 12.1 Å². The molecule has 0 bridgehead atoms. The highest BCUT2D eigenvalue weighted by Crippen LogP contribution is 2.23. The Hall–Kier alpha value is -2.49. The summed E-state index contributed by atoms with van der Waals surface area (Å²) in [5.74, 6) is -0.0900. The Morgan fingerprint density at radius 1 is 1.15 bits per heavy atom. The number of benzene rings is 2. The number of aromatic nitrogens is 1. The van der Waals surface area contributed by atoms with E-state index in [1.165, 1.54) is 6.07 Å². The second-order valence-corrected chi connectivity index (χ2v) is 4.73. The topological polar surface area (TPSA) is 40.2 Å². The van der Waals surface area contributed by atoms with E-state index in [1.807, 2.05) is 35.9 Å². The summed E-state index contributed by atoms with van der Waals surface area (Å²) in [6.07, 6.45) is 0. The predicted octanol–water partition coefficient (Wildman–Crippen LogP) is 3.48. The number of nitrogen functional groups attached to an aromatic ring is 1. The number of anilines is 1. The number of para-hydroxylation sites is 1. The molecule has 0 fully saturated rings. The Labute approximate surface area is 116 Å². The first-order valence-electron chi connectivity index (χ1n) is 6.36. The molecule has 2 aromatic carbocycles. The Bertz CT molecular complexity index is 764. The maximum Gasteiger partial charge on any atom is 0.165 e. The lowest BCUT2D eigenvalue weighted by atomic mass is 10.2. The number of ether oxygens (including phenoxy) is 1. The van der Waals surface area contributed by atoms with Crippen LogP contribution in [0.15, 0.2) is 48.5 Å². The molecule has 0 aliphatic rings. The maximum atomic E-state index is 13.5. The van der Waals surface area contributed by atoms with Crippen molar-refractivity contribution in [1.82, 2.24) is 4.57 Å². The Morgan fingerprint density at radius 2 is 1.95 bits per heavy atom. The van der Waals surface area contributed by atoms with Gasteiger partial charge in [-0.2, -0.15) is 0 Å². The number of hydrogen-bond acceptors (Lipinski definition) is 2. The van der Waals surface area contributed by atoms with Crippen molar-refractivity contribution < 1.29 is 9.13 Å². The molecular formula is C16H15FN2O. The normalized spacial score (nSPS) is 10.9. The minimum Gasteiger partial charge on any atom is -0.484 e. The molecule has 0 saturated heterocycles. The molecule has 4 heteroatoms. The summed E-state index contributed by atoms with van der Waals surface area (Å²) >= 11 is 0. The molecule has 0 spiro atoms. The van der Waals surface area contributed by atoms with E-state index in [2.05, 4.69) is 0 Å². The molecule has 3 aromatic rings. The summed E-state index contributed by atoms with van der Waals surface area (Å²) in [7, 11) is 1.96. The molecule has 0 atom stereocenters. The van der Waals surface area contributed by atoms with Crippen molar-refractivity contribution in [2.45, 2.75) is 6.61 Å². The lowest BCUT2D eigenvalue weighted by Crippen LogP contribution is -2.02. The fraction of sp³-hybridized carbons (Fsp3) is 0.125. The number of halogens is 1. The van der Waals surface area contributed by atoms with Gasteiger partial charge in [0.25, 0.3) is 0 Å². The zero-order chi connectivity index (χ0) is 14.1. The fourth-order valence-corrected chi connectivity index (χ4v) is 2.28. The van der Waals surface area contributed by atoms with Crippen LogP contribution in [0.3, 0.4) is 0 Å². The van der Waals surface area contributed by atoms with Crippen LogP contribution in [-0.2, 0) is 13.7 Å². The molecule has 2 N–H and O–H groups in total. The highest BCUT2D eigenvalue weighted by Gasteiger charge is 2.08. The third-order valence-electron chi connectivity index (χ3n) is 3.38. The summed E-state index contributed by atoms with van der Waals surface area (Å²) in [4.78, 5) is 0. The summed E-state index contributed by atoms with van der Waals surface area (Å²) in [6, 6.07) is 14.2. The first-order chi connectivity index (χ1) is 9.65. The van der Waals surface area contributed by atoms with E-state index in [0.29, 0.717) is 6.61 Å². The van der Waals surface area contributed by atoms with Gasteiger partial charge in [0.1, 0.15) is 6.61 Å². The molecule has 0 amide bonds. The lowest BCUT2D eigenvalue weighted by Gasteiger charge is -2.08. The van der Waals surface area contributed by atoms with Crippen LogP contribution < -0.4 is 10.5 Å². The Kier molecular flexibility index (Phi) is 3.06. The van der Waals surface area contributed by atoms with Gasteiger partial charge in [-0.05, 0) is 36.4 Å². The summed E-state index contributed by atoms with van der Waals surface area (Å²) < 4.78 is 21.1. The average Bonchev–Trinajstić information content (AvgIpc) is 2.74. The predicted molar refractivity (Wildman–Crippen MR) is 78.1 cm³/mol. The van der Waals surface area contributed by atoms with Crippen molar-refractivity contribution in [2.75, 3.05) is 5.73 Å². The first-order valence-corrected chi connectivity index (χ1v) is 6.36. The smallest absolute Gasteiger partial charge is 0.165 e. The zero-order valence-corrected chi connectivity index (χ0v) is 11.1. The van der Waals surface area contributed by atoms with E-state index in [-0.39, 0.29) is 11.6 Å².